The third-order valence-electron chi connectivity index (χ3n) is 1.84. The van der Waals surface area contributed by atoms with Gasteiger partial charge < -0.3 is 4.74 Å². The van der Waals surface area contributed by atoms with Crippen LogP contribution in [0.3, 0.4) is 0 Å². The van der Waals surface area contributed by atoms with E-state index in [1.165, 1.54) is 0 Å². The van der Waals surface area contributed by atoms with E-state index in [1.807, 2.05) is 30.0 Å². The third-order valence-corrected chi connectivity index (χ3v) is 3.63. The Morgan fingerprint density at radius 2 is 2.27 bits per heavy atom. The van der Waals surface area contributed by atoms with Crippen molar-refractivity contribution in [2.75, 3.05) is 18.1 Å². The molecule has 1 aromatic rings. The first kappa shape index (κ1) is 13.2. The van der Waals surface area contributed by atoms with E-state index in [0.29, 0.717) is 5.88 Å². The molecule has 0 unspecified atom stereocenters. The standard InChI is InChI=1S/C11H14BrClOS/c1-2-15-6-5-14-11-4-3-9(8-13)7-10(11)12/h3-4,7H,2,5-6,8H2,1H3. The first-order chi connectivity index (χ1) is 7.27. The molecule has 0 aromatic heterocycles. The lowest BCUT2D eigenvalue weighted by Crippen LogP contribution is -2.01. The number of hydrogen-bond acceptors (Lipinski definition) is 2. The highest BCUT2D eigenvalue weighted by molar-refractivity contribution is 9.10. The summed E-state index contributed by atoms with van der Waals surface area (Å²) in [6.07, 6.45) is 0. The van der Waals surface area contributed by atoms with Gasteiger partial charge in [-0.2, -0.15) is 11.8 Å². The summed E-state index contributed by atoms with van der Waals surface area (Å²) in [5.41, 5.74) is 1.10. The predicted molar refractivity (Wildman–Crippen MR) is 72.2 cm³/mol. The van der Waals surface area contributed by atoms with E-state index >= 15 is 0 Å². The summed E-state index contributed by atoms with van der Waals surface area (Å²) in [5, 5.41) is 0. The van der Waals surface area contributed by atoms with Gasteiger partial charge in [-0.15, -0.1) is 11.6 Å². The molecule has 0 fully saturated rings. The Morgan fingerprint density at radius 1 is 1.47 bits per heavy atom. The van der Waals surface area contributed by atoms with E-state index in [0.717, 1.165) is 33.9 Å². The Kier molecular flexibility index (Phi) is 6.53. The lowest BCUT2D eigenvalue weighted by atomic mass is 10.2. The highest BCUT2D eigenvalue weighted by Gasteiger charge is 2.01. The van der Waals surface area contributed by atoms with Crippen LogP contribution in [-0.4, -0.2) is 18.1 Å². The normalized spacial score (nSPS) is 10.3. The molecular weight excluding hydrogens is 296 g/mol. The van der Waals surface area contributed by atoms with Gasteiger partial charge in [0.15, 0.2) is 0 Å². The van der Waals surface area contributed by atoms with Gasteiger partial charge in [-0.3, -0.25) is 0 Å². The molecular formula is C11H14BrClOS. The van der Waals surface area contributed by atoms with Crippen molar-refractivity contribution in [2.45, 2.75) is 12.8 Å². The monoisotopic (exact) mass is 308 g/mol. The molecule has 0 bridgehead atoms. The molecule has 0 radical (unpaired) electrons. The van der Waals surface area contributed by atoms with Crippen LogP contribution in [0.15, 0.2) is 22.7 Å². The minimum atomic E-state index is 0.532. The van der Waals surface area contributed by atoms with Crippen LogP contribution in [0.25, 0.3) is 0 Å². The zero-order valence-corrected chi connectivity index (χ0v) is 11.8. The SMILES string of the molecule is CCSCCOc1ccc(CCl)cc1Br. The highest BCUT2D eigenvalue weighted by Crippen LogP contribution is 2.26. The van der Waals surface area contributed by atoms with Gasteiger partial charge in [-0.25, -0.2) is 0 Å². The Bertz CT molecular complexity index is 307. The first-order valence-electron chi connectivity index (χ1n) is 4.83. The summed E-state index contributed by atoms with van der Waals surface area (Å²) >= 11 is 11.1. The summed E-state index contributed by atoms with van der Waals surface area (Å²) in [7, 11) is 0. The van der Waals surface area contributed by atoms with Crippen LogP contribution in [0.4, 0.5) is 0 Å². The minimum absolute atomic E-state index is 0.532. The summed E-state index contributed by atoms with van der Waals surface area (Å²) in [6.45, 7) is 2.90. The lowest BCUT2D eigenvalue weighted by Gasteiger charge is -2.08. The van der Waals surface area contributed by atoms with Gasteiger partial charge in [-0.1, -0.05) is 13.0 Å². The molecule has 15 heavy (non-hydrogen) atoms. The maximum Gasteiger partial charge on any atom is 0.133 e. The Labute approximate surface area is 109 Å². The van der Waals surface area contributed by atoms with Crippen molar-refractivity contribution in [3.05, 3.63) is 28.2 Å². The summed E-state index contributed by atoms with van der Waals surface area (Å²) in [5.74, 6) is 3.58. The molecule has 84 valence electrons. The molecule has 1 rings (SSSR count). The fourth-order valence-corrected chi connectivity index (χ4v) is 2.30. The van der Waals surface area contributed by atoms with E-state index < -0.39 is 0 Å². The zero-order chi connectivity index (χ0) is 11.1. The van der Waals surface area contributed by atoms with Crippen molar-refractivity contribution >= 4 is 39.3 Å². The zero-order valence-electron chi connectivity index (χ0n) is 8.63. The van der Waals surface area contributed by atoms with Gasteiger partial charge in [0.2, 0.25) is 0 Å². The number of halogens is 2. The summed E-state index contributed by atoms with van der Waals surface area (Å²) in [6, 6.07) is 5.94. The number of benzene rings is 1. The smallest absolute Gasteiger partial charge is 0.133 e. The van der Waals surface area contributed by atoms with Gasteiger partial charge >= 0.3 is 0 Å². The topological polar surface area (TPSA) is 9.23 Å². The minimum Gasteiger partial charge on any atom is -0.492 e. The second-order valence-corrected chi connectivity index (χ2v) is 5.46. The number of ether oxygens (including phenoxy) is 1. The fraction of sp³-hybridized carbons (Fsp3) is 0.455. The quantitative estimate of drug-likeness (QED) is 0.572. The number of thioether (sulfide) groups is 1. The molecule has 0 aliphatic heterocycles. The average molecular weight is 310 g/mol. The van der Waals surface area contributed by atoms with Crippen LogP contribution in [0.5, 0.6) is 5.75 Å². The maximum absolute atomic E-state index is 5.73. The molecule has 0 aliphatic carbocycles. The molecule has 0 heterocycles. The van der Waals surface area contributed by atoms with Gasteiger partial charge in [0.25, 0.3) is 0 Å². The van der Waals surface area contributed by atoms with Crippen LogP contribution in [0, 0.1) is 0 Å². The van der Waals surface area contributed by atoms with Crippen molar-refractivity contribution < 1.29 is 4.74 Å². The van der Waals surface area contributed by atoms with Crippen molar-refractivity contribution in [1.82, 2.24) is 0 Å². The van der Waals surface area contributed by atoms with Crippen molar-refractivity contribution in [3.8, 4) is 5.75 Å². The molecule has 4 heteroatoms. The molecule has 0 saturated heterocycles. The van der Waals surface area contributed by atoms with Gasteiger partial charge in [-0.05, 0) is 39.4 Å². The van der Waals surface area contributed by atoms with Crippen LogP contribution >= 0.6 is 39.3 Å². The second-order valence-electron chi connectivity index (χ2n) is 2.94. The van der Waals surface area contributed by atoms with Gasteiger partial charge in [0.05, 0.1) is 11.1 Å². The average Bonchev–Trinajstić information content (AvgIpc) is 2.26. The number of hydrogen-bond donors (Lipinski definition) is 0. The number of rotatable bonds is 6. The molecule has 1 aromatic carbocycles. The van der Waals surface area contributed by atoms with E-state index in [9.17, 15) is 0 Å². The van der Waals surface area contributed by atoms with Crippen LogP contribution < -0.4 is 4.74 Å². The van der Waals surface area contributed by atoms with E-state index in [2.05, 4.69) is 22.9 Å². The van der Waals surface area contributed by atoms with Crippen LogP contribution in [-0.2, 0) is 5.88 Å². The van der Waals surface area contributed by atoms with Crippen molar-refractivity contribution in [2.24, 2.45) is 0 Å². The van der Waals surface area contributed by atoms with Crippen LogP contribution in [0.1, 0.15) is 12.5 Å². The molecule has 0 spiro atoms. The third kappa shape index (κ3) is 4.66. The van der Waals surface area contributed by atoms with Gasteiger partial charge in [0.1, 0.15) is 5.75 Å². The lowest BCUT2D eigenvalue weighted by molar-refractivity contribution is 0.342. The Hall–Kier alpha value is 0.140. The molecule has 0 aliphatic rings. The summed E-state index contributed by atoms with van der Waals surface area (Å²) < 4.78 is 6.60. The van der Waals surface area contributed by atoms with Crippen molar-refractivity contribution in [1.29, 1.82) is 0 Å². The number of alkyl halides is 1. The van der Waals surface area contributed by atoms with E-state index in [1.54, 1.807) is 0 Å². The molecule has 0 amide bonds. The molecule has 0 atom stereocenters. The van der Waals surface area contributed by atoms with Gasteiger partial charge in [0, 0.05) is 11.6 Å². The van der Waals surface area contributed by atoms with Crippen LogP contribution in [0.2, 0.25) is 0 Å². The fourth-order valence-electron chi connectivity index (χ4n) is 1.10. The Morgan fingerprint density at radius 3 is 2.87 bits per heavy atom. The van der Waals surface area contributed by atoms with E-state index in [4.69, 9.17) is 16.3 Å². The van der Waals surface area contributed by atoms with E-state index in [-0.39, 0.29) is 0 Å². The summed E-state index contributed by atoms with van der Waals surface area (Å²) in [4.78, 5) is 0. The second kappa shape index (κ2) is 7.42. The molecule has 0 saturated carbocycles. The maximum atomic E-state index is 5.73. The van der Waals surface area contributed by atoms with Crippen molar-refractivity contribution in [3.63, 3.8) is 0 Å². The molecule has 0 N–H and O–H groups in total. The Balaban J connectivity index is 2.47. The first-order valence-corrected chi connectivity index (χ1v) is 7.31. The molecule has 1 nitrogen and oxygen atoms in total. The highest BCUT2D eigenvalue weighted by atomic mass is 79.9. The largest absolute Gasteiger partial charge is 0.492 e. The predicted octanol–water partition coefficient (Wildman–Crippen LogP) is 4.32.